The van der Waals surface area contributed by atoms with E-state index in [2.05, 4.69) is 11.7 Å². The Morgan fingerprint density at radius 1 is 1.05 bits per heavy atom. The second-order valence-electron chi connectivity index (χ2n) is 4.25. The molecule has 1 aromatic carbocycles. The molecule has 0 radical (unpaired) electrons. The van der Waals surface area contributed by atoms with Crippen molar-refractivity contribution in [3.05, 3.63) is 29.3 Å². The van der Waals surface area contributed by atoms with Gasteiger partial charge in [0.25, 0.3) is 0 Å². The zero-order valence-electron chi connectivity index (χ0n) is 12.1. The standard InChI is InChI=1S/C15H20O5/c1-4-5-6-9-20-13-8-7-11(14(16)18-2)10-12(13)15(17)19-3/h7-8,10H,4-6,9H2,1-3H3. The second kappa shape index (κ2) is 8.19. The first-order valence-electron chi connectivity index (χ1n) is 6.57. The van der Waals surface area contributed by atoms with E-state index in [4.69, 9.17) is 9.47 Å². The van der Waals surface area contributed by atoms with Crippen molar-refractivity contribution in [1.82, 2.24) is 0 Å². The summed E-state index contributed by atoms with van der Waals surface area (Å²) in [5.74, 6) is -0.630. The minimum absolute atomic E-state index is 0.229. The Morgan fingerprint density at radius 2 is 1.75 bits per heavy atom. The number of methoxy groups -OCH3 is 2. The van der Waals surface area contributed by atoms with Crippen LogP contribution in [-0.2, 0) is 9.47 Å². The van der Waals surface area contributed by atoms with Gasteiger partial charge in [0.2, 0.25) is 0 Å². The zero-order chi connectivity index (χ0) is 15.0. The fourth-order valence-corrected chi connectivity index (χ4v) is 1.70. The first-order valence-corrected chi connectivity index (χ1v) is 6.57. The number of carbonyl (C=O) groups is 2. The maximum absolute atomic E-state index is 11.7. The molecule has 5 nitrogen and oxygen atoms in total. The molecule has 5 heteroatoms. The van der Waals surface area contributed by atoms with E-state index in [1.165, 1.54) is 20.3 Å². The van der Waals surface area contributed by atoms with Crippen LogP contribution >= 0.6 is 0 Å². The van der Waals surface area contributed by atoms with E-state index in [0.29, 0.717) is 12.4 Å². The van der Waals surface area contributed by atoms with Gasteiger partial charge in [-0.25, -0.2) is 9.59 Å². The molecule has 0 amide bonds. The van der Waals surface area contributed by atoms with Crippen LogP contribution in [0.2, 0.25) is 0 Å². The molecule has 0 saturated carbocycles. The van der Waals surface area contributed by atoms with E-state index in [-0.39, 0.29) is 11.1 Å². The largest absolute Gasteiger partial charge is 0.493 e. The summed E-state index contributed by atoms with van der Waals surface area (Å²) < 4.78 is 14.9. The third kappa shape index (κ3) is 4.26. The number of hydrogen-bond acceptors (Lipinski definition) is 5. The Bertz CT molecular complexity index is 467. The van der Waals surface area contributed by atoms with Gasteiger partial charge < -0.3 is 14.2 Å². The lowest BCUT2D eigenvalue weighted by Gasteiger charge is -2.11. The van der Waals surface area contributed by atoms with Gasteiger partial charge in [-0.3, -0.25) is 0 Å². The van der Waals surface area contributed by atoms with Gasteiger partial charge in [0, 0.05) is 0 Å². The minimum Gasteiger partial charge on any atom is -0.493 e. The third-order valence-corrected chi connectivity index (χ3v) is 2.81. The van der Waals surface area contributed by atoms with Crippen LogP contribution in [0.5, 0.6) is 5.75 Å². The molecule has 0 aromatic heterocycles. The lowest BCUT2D eigenvalue weighted by molar-refractivity contribution is 0.0595. The molecular weight excluding hydrogens is 260 g/mol. The number of hydrogen-bond donors (Lipinski definition) is 0. The maximum atomic E-state index is 11.7. The number of ether oxygens (including phenoxy) is 3. The van der Waals surface area contributed by atoms with E-state index >= 15 is 0 Å². The molecule has 0 unspecified atom stereocenters. The number of unbranched alkanes of at least 4 members (excludes halogenated alkanes) is 2. The van der Waals surface area contributed by atoms with Gasteiger partial charge in [-0.05, 0) is 24.6 Å². The monoisotopic (exact) mass is 280 g/mol. The molecule has 1 rings (SSSR count). The first kappa shape index (κ1) is 16.0. The highest BCUT2D eigenvalue weighted by Crippen LogP contribution is 2.22. The Kier molecular flexibility index (Phi) is 6.56. The quantitative estimate of drug-likeness (QED) is 0.567. The van der Waals surface area contributed by atoms with E-state index in [1.54, 1.807) is 12.1 Å². The normalized spacial score (nSPS) is 9.95. The number of benzene rings is 1. The Labute approximate surface area is 118 Å². The van der Waals surface area contributed by atoms with Crippen LogP contribution in [0.1, 0.15) is 46.9 Å². The van der Waals surface area contributed by atoms with Crippen LogP contribution in [0, 0.1) is 0 Å². The predicted molar refractivity (Wildman–Crippen MR) is 74.1 cm³/mol. The molecule has 0 heterocycles. The molecule has 1 aromatic rings. The molecule has 0 N–H and O–H groups in total. The van der Waals surface area contributed by atoms with Crippen LogP contribution in [0.25, 0.3) is 0 Å². The molecule has 0 bridgehead atoms. The second-order valence-corrected chi connectivity index (χ2v) is 4.25. The van der Waals surface area contributed by atoms with E-state index in [0.717, 1.165) is 19.3 Å². The number of esters is 2. The molecule has 0 aliphatic rings. The average Bonchev–Trinajstić information content (AvgIpc) is 2.50. The van der Waals surface area contributed by atoms with Gasteiger partial charge in [-0.15, -0.1) is 0 Å². The van der Waals surface area contributed by atoms with Gasteiger partial charge in [0.1, 0.15) is 11.3 Å². The van der Waals surface area contributed by atoms with Crippen molar-refractivity contribution in [3.63, 3.8) is 0 Å². The van der Waals surface area contributed by atoms with Crippen LogP contribution in [0.15, 0.2) is 18.2 Å². The van der Waals surface area contributed by atoms with Crippen molar-refractivity contribution < 1.29 is 23.8 Å². The summed E-state index contributed by atoms with van der Waals surface area (Å²) in [5, 5.41) is 0. The van der Waals surface area contributed by atoms with E-state index in [9.17, 15) is 9.59 Å². The van der Waals surface area contributed by atoms with Crippen molar-refractivity contribution in [3.8, 4) is 5.75 Å². The van der Waals surface area contributed by atoms with Gasteiger partial charge in [0.15, 0.2) is 0 Å². The topological polar surface area (TPSA) is 61.8 Å². The molecule has 0 fully saturated rings. The van der Waals surface area contributed by atoms with Crippen LogP contribution < -0.4 is 4.74 Å². The molecule has 0 aliphatic heterocycles. The predicted octanol–water partition coefficient (Wildman–Crippen LogP) is 2.83. The van der Waals surface area contributed by atoms with E-state index in [1.807, 2.05) is 0 Å². The van der Waals surface area contributed by atoms with Gasteiger partial charge >= 0.3 is 11.9 Å². The molecule has 20 heavy (non-hydrogen) atoms. The summed E-state index contributed by atoms with van der Waals surface area (Å²) in [7, 11) is 2.57. The molecule has 0 atom stereocenters. The van der Waals surface area contributed by atoms with Crippen molar-refractivity contribution in [2.24, 2.45) is 0 Å². The molecule has 0 saturated heterocycles. The zero-order valence-corrected chi connectivity index (χ0v) is 12.1. The summed E-state index contributed by atoms with van der Waals surface area (Å²) in [6.07, 6.45) is 3.07. The summed E-state index contributed by atoms with van der Waals surface area (Å²) >= 11 is 0. The van der Waals surface area contributed by atoms with Crippen molar-refractivity contribution >= 4 is 11.9 Å². The number of rotatable bonds is 7. The Balaban J connectivity index is 2.92. The van der Waals surface area contributed by atoms with Crippen molar-refractivity contribution in [1.29, 1.82) is 0 Å². The van der Waals surface area contributed by atoms with Crippen LogP contribution in [0.4, 0.5) is 0 Å². The molecular formula is C15H20O5. The van der Waals surface area contributed by atoms with Gasteiger partial charge in [0.05, 0.1) is 26.4 Å². The summed E-state index contributed by atoms with van der Waals surface area (Å²) in [5.41, 5.74) is 0.515. The molecule has 110 valence electrons. The SMILES string of the molecule is CCCCCOc1ccc(C(=O)OC)cc1C(=O)OC. The van der Waals surface area contributed by atoms with Gasteiger partial charge in [-0.1, -0.05) is 19.8 Å². The fraction of sp³-hybridized carbons (Fsp3) is 0.467. The van der Waals surface area contributed by atoms with Crippen LogP contribution in [0.3, 0.4) is 0 Å². The van der Waals surface area contributed by atoms with Crippen LogP contribution in [-0.4, -0.2) is 32.8 Å². The summed E-state index contributed by atoms with van der Waals surface area (Å²) in [6, 6.07) is 4.57. The smallest absolute Gasteiger partial charge is 0.341 e. The Morgan fingerprint density at radius 3 is 2.35 bits per heavy atom. The highest BCUT2D eigenvalue weighted by atomic mass is 16.5. The summed E-state index contributed by atoms with van der Waals surface area (Å²) in [4.78, 5) is 23.2. The highest BCUT2D eigenvalue weighted by Gasteiger charge is 2.17. The van der Waals surface area contributed by atoms with E-state index < -0.39 is 11.9 Å². The summed E-state index contributed by atoms with van der Waals surface area (Å²) in [6.45, 7) is 2.63. The maximum Gasteiger partial charge on any atom is 0.341 e. The lowest BCUT2D eigenvalue weighted by atomic mass is 10.1. The third-order valence-electron chi connectivity index (χ3n) is 2.81. The molecule has 0 spiro atoms. The molecule has 0 aliphatic carbocycles. The van der Waals surface area contributed by atoms with Gasteiger partial charge in [-0.2, -0.15) is 0 Å². The minimum atomic E-state index is -0.541. The number of carbonyl (C=O) groups excluding carboxylic acids is 2. The lowest BCUT2D eigenvalue weighted by Crippen LogP contribution is -2.09. The Hall–Kier alpha value is -2.04. The first-order chi connectivity index (χ1) is 9.63. The van der Waals surface area contributed by atoms with Crippen molar-refractivity contribution in [2.75, 3.05) is 20.8 Å². The average molecular weight is 280 g/mol. The fourth-order valence-electron chi connectivity index (χ4n) is 1.70. The van der Waals surface area contributed by atoms with Crippen molar-refractivity contribution in [2.45, 2.75) is 26.2 Å². The highest BCUT2D eigenvalue weighted by molar-refractivity contribution is 5.97.